The van der Waals surface area contributed by atoms with Gasteiger partial charge in [0.2, 0.25) is 0 Å². The van der Waals surface area contributed by atoms with Crippen LogP contribution in [0.25, 0.3) is 0 Å². The van der Waals surface area contributed by atoms with Gasteiger partial charge in [0.1, 0.15) is 16.8 Å². The summed E-state index contributed by atoms with van der Waals surface area (Å²) in [6.45, 7) is 0. The highest BCUT2D eigenvalue weighted by atomic mass is 35.5. The molecule has 2 aromatic rings. The molecule has 0 aliphatic carbocycles. The van der Waals surface area contributed by atoms with Crippen molar-refractivity contribution in [2.45, 2.75) is 0 Å². The Morgan fingerprint density at radius 2 is 2.00 bits per heavy atom. The van der Waals surface area contributed by atoms with Gasteiger partial charge in [0.05, 0.1) is 0 Å². The predicted octanol–water partition coefficient (Wildman–Crippen LogP) is 3.13. The predicted molar refractivity (Wildman–Crippen MR) is 63.6 cm³/mol. The highest BCUT2D eigenvalue weighted by Crippen LogP contribution is 2.11. The van der Waals surface area contributed by atoms with Crippen molar-refractivity contribution in [3.8, 4) is 0 Å². The number of pyridine rings is 1. The second kappa shape index (κ2) is 4.93. The summed E-state index contributed by atoms with van der Waals surface area (Å²) in [7, 11) is 0. The maximum absolute atomic E-state index is 12.9. The van der Waals surface area contributed by atoms with Crippen LogP contribution >= 0.6 is 11.6 Å². The molecular formula is C12H8ClFN2O. The summed E-state index contributed by atoms with van der Waals surface area (Å²) in [5.74, 6) is -0.567. The monoisotopic (exact) mass is 250 g/mol. The molecule has 17 heavy (non-hydrogen) atoms. The number of nitrogens with zero attached hydrogens (tertiary/aromatic N) is 1. The van der Waals surface area contributed by atoms with Gasteiger partial charge in [0.25, 0.3) is 5.91 Å². The number of benzene rings is 1. The summed E-state index contributed by atoms with van der Waals surface area (Å²) in [5, 5.41) is 2.80. The number of amides is 1. The minimum absolute atomic E-state index is 0.228. The van der Waals surface area contributed by atoms with Crippen molar-refractivity contribution in [3.63, 3.8) is 0 Å². The summed E-state index contributed by atoms with van der Waals surface area (Å²) in [5.41, 5.74) is 0.228. The van der Waals surface area contributed by atoms with Gasteiger partial charge >= 0.3 is 0 Å². The van der Waals surface area contributed by atoms with E-state index >= 15 is 0 Å². The third-order valence-corrected chi connectivity index (χ3v) is 2.25. The molecule has 0 aliphatic rings. The van der Waals surface area contributed by atoms with Crippen LogP contribution in [0, 0.1) is 5.82 Å². The Bertz CT molecular complexity index is 560. The first-order valence-corrected chi connectivity index (χ1v) is 5.22. The fourth-order valence-electron chi connectivity index (χ4n) is 1.30. The molecule has 86 valence electrons. The van der Waals surface area contributed by atoms with Gasteiger partial charge in [0.15, 0.2) is 0 Å². The molecule has 0 aliphatic heterocycles. The van der Waals surface area contributed by atoms with Gasteiger partial charge in [-0.05, 0) is 30.3 Å². The fourth-order valence-corrected chi connectivity index (χ4v) is 1.46. The minimum atomic E-state index is -0.461. The van der Waals surface area contributed by atoms with Crippen LogP contribution in [0.5, 0.6) is 0 Å². The molecule has 0 bridgehead atoms. The molecule has 0 radical (unpaired) electrons. The van der Waals surface area contributed by atoms with E-state index in [-0.39, 0.29) is 10.7 Å². The number of halogens is 2. The van der Waals surface area contributed by atoms with Crippen LogP contribution < -0.4 is 5.32 Å². The van der Waals surface area contributed by atoms with E-state index in [1.807, 2.05) is 0 Å². The van der Waals surface area contributed by atoms with E-state index in [2.05, 4.69) is 10.3 Å². The lowest BCUT2D eigenvalue weighted by Gasteiger charge is -2.04. The molecule has 1 amide bonds. The number of anilines is 1. The van der Waals surface area contributed by atoms with E-state index in [0.29, 0.717) is 5.82 Å². The number of aromatic nitrogens is 1. The molecule has 0 saturated heterocycles. The minimum Gasteiger partial charge on any atom is -0.307 e. The van der Waals surface area contributed by atoms with Crippen LogP contribution in [-0.4, -0.2) is 10.9 Å². The molecule has 2 rings (SSSR count). The van der Waals surface area contributed by atoms with E-state index in [0.717, 1.165) is 6.07 Å². The Labute approximate surface area is 102 Å². The van der Waals surface area contributed by atoms with Crippen LogP contribution in [0.1, 0.15) is 10.4 Å². The summed E-state index contributed by atoms with van der Waals surface area (Å²) in [6.07, 6.45) is 0. The Kier molecular flexibility index (Phi) is 3.35. The topological polar surface area (TPSA) is 42.0 Å². The highest BCUT2D eigenvalue weighted by Gasteiger charge is 2.07. The SMILES string of the molecule is O=C(Nc1cccc(Cl)n1)c1cccc(F)c1. The molecule has 1 N–H and O–H groups in total. The van der Waals surface area contributed by atoms with Gasteiger partial charge in [-0.25, -0.2) is 9.37 Å². The molecule has 0 spiro atoms. The van der Waals surface area contributed by atoms with Gasteiger partial charge in [-0.2, -0.15) is 0 Å². The third kappa shape index (κ3) is 3.01. The lowest BCUT2D eigenvalue weighted by molar-refractivity contribution is 0.102. The molecule has 0 saturated carbocycles. The Morgan fingerprint density at radius 3 is 2.71 bits per heavy atom. The number of carbonyl (C=O) groups excluding carboxylic acids is 1. The van der Waals surface area contributed by atoms with Gasteiger partial charge in [0, 0.05) is 5.56 Å². The Hall–Kier alpha value is -1.94. The van der Waals surface area contributed by atoms with Crippen molar-refractivity contribution in [1.29, 1.82) is 0 Å². The average Bonchev–Trinajstić information content (AvgIpc) is 2.29. The van der Waals surface area contributed by atoms with Crippen molar-refractivity contribution >= 4 is 23.3 Å². The first-order chi connectivity index (χ1) is 8.15. The number of hydrogen-bond acceptors (Lipinski definition) is 2. The molecule has 0 atom stereocenters. The Morgan fingerprint density at radius 1 is 1.24 bits per heavy atom. The normalized spacial score (nSPS) is 10.0. The van der Waals surface area contributed by atoms with Gasteiger partial charge in [-0.1, -0.05) is 23.7 Å². The zero-order valence-electron chi connectivity index (χ0n) is 8.65. The average molecular weight is 251 g/mol. The molecule has 0 unspecified atom stereocenters. The first-order valence-electron chi connectivity index (χ1n) is 4.84. The Balaban J connectivity index is 2.17. The molecule has 3 nitrogen and oxygen atoms in total. The summed E-state index contributed by atoms with van der Waals surface area (Å²) >= 11 is 5.68. The van der Waals surface area contributed by atoms with E-state index < -0.39 is 11.7 Å². The molecule has 1 aromatic heterocycles. The second-order valence-electron chi connectivity index (χ2n) is 3.31. The summed E-state index contributed by atoms with van der Waals surface area (Å²) in [6, 6.07) is 10.3. The van der Waals surface area contributed by atoms with E-state index in [9.17, 15) is 9.18 Å². The van der Waals surface area contributed by atoms with E-state index in [1.54, 1.807) is 18.2 Å². The van der Waals surface area contributed by atoms with Crippen LogP contribution in [0.15, 0.2) is 42.5 Å². The van der Waals surface area contributed by atoms with Gasteiger partial charge < -0.3 is 5.32 Å². The molecular weight excluding hydrogens is 243 g/mol. The van der Waals surface area contributed by atoms with Crippen molar-refractivity contribution < 1.29 is 9.18 Å². The molecule has 0 fully saturated rings. The molecule has 5 heteroatoms. The van der Waals surface area contributed by atoms with Crippen molar-refractivity contribution in [1.82, 2.24) is 4.98 Å². The summed E-state index contributed by atoms with van der Waals surface area (Å²) < 4.78 is 12.9. The number of carbonyl (C=O) groups is 1. The van der Waals surface area contributed by atoms with Crippen LogP contribution in [0.4, 0.5) is 10.2 Å². The van der Waals surface area contributed by atoms with Crippen molar-refractivity contribution in [3.05, 3.63) is 59.0 Å². The fraction of sp³-hybridized carbons (Fsp3) is 0. The lowest BCUT2D eigenvalue weighted by atomic mass is 10.2. The lowest BCUT2D eigenvalue weighted by Crippen LogP contribution is -2.13. The number of rotatable bonds is 2. The van der Waals surface area contributed by atoms with Crippen LogP contribution in [-0.2, 0) is 0 Å². The maximum atomic E-state index is 12.9. The summed E-state index contributed by atoms with van der Waals surface area (Å²) in [4.78, 5) is 15.6. The standard InChI is InChI=1S/C12H8ClFN2O/c13-10-5-2-6-11(15-10)16-12(17)8-3-1-4-9(14)7-8/h1-7H,(H,15,16,17). The van der Waals surface area contributed by atoms with E-state index in [4.69, 9.17) is 11.6 Å². The smallest absolute Gasteiger partial charge is 0.256 e. The third-order valence-electron chi connectivity index (χ3n) is 2.04. The van der Waals surface area contributed by atoms with E-state index in [1.165, 1.54) is 18.2 Å². The van der Waals surface area contributed by atoms with Crippen molar-refractivity contribution in [2.24, 2.45) is 0 Å². The largest absolute Gasteiger partial charge is 0.307 e. The quantitative estimate of drug-likeness (QED) is 0.832. The first kappa shape index (κ1) is 11.5. The zero-order chi connectivity index (χ0) is 12.3. The molecule has 1 aromatic carbocycles. The van der Waals surface area contributed by atoms with Crippen LogP contribution in [0.2, 0.25) is 5.15 Å². The van der Waals surface area contributed by atoms with Crippen LogP contribution in [0.3, 0.4) is 0 Å². The van der Waals surface area contributed by atoms with Crippen molar-refractivity contribution in [2.75, 3.05) is 5.32 Å². The van der Waals surface area contributed by atoms with Gasteiger partial charge in [-0.15, -0.1) is 0 Å². The molecule has 1 heterocycles. The number of hydrogen-bond donors (Lipinski definition) is 1. The maximum Gasteiger partial charge on any atom is 0.256 e. The highest BCUT2D eigenvalue weighted by molar-refractivity contribution is 6.29. The zero-order valence-corrected chi connectivity index (χ0v) is 9.41. The number of nitrogens with one attached hydrogen (secondary N) is 1. The second-order valence-corrected chi connectivity index (χ2v) is 3.70. The van der Waals surface area contributed by atoms with Gasteiger partial charge in [-0.3, -0.25) is 4.79 Å².